The van der Waals surface area contributed by atoms with Crippen molar-refractivity contribution in [1.82, 2.24) is 15.0 Å². The third-order valence-corrected chi connectivity index (χ3v) is 5.08. The molecule has 1 aliphatic rings. The molecular formula is C23H19N5O. The molecule has 1 amide bonds. The van der Waals surface area contributed by atoms with Crippen molar-refractivity contribution in [2.45, 2.75) is 13.3 Å². The van der Waals surface area contributed by atoms with Gasteiger partial charge in [0.1, 0.15) is 5.69 Å². The van der Waals surface area contributed by atoms with Crippen LogP contribution < -0.4 is 10.2 Å². The molecule has 6 nitrogen and oxygen atoms in total. The number of hydrogen-bond acceptors (Lipinski definition) is 5. The summed E-state index contributed by atoms with van der Waals surface area (Å²) in [6, 6.07) is 19.5. The average Bonchev–Trinajstić information content (AvgIpc) is 3.18. The molecule has 0 spiro atoms. The Hall–Kier alpha value is -3.80. The van der Waals surface area contributed by atoms with Crippen LogP contribution in [0.4, 0.5) is 17.3 Å². The molecule has 3 heterocycles. The normalized spacial score (nSPS) is 12.8. The summed E-state index contributed by atoms with van der Waals surface area (Å²) in [5, 5.41) is 3.93. The third kappa shape index (κ3) is 3.18. The van der Waals surface area contributed by atoms with E-state index in [4.69, 9.17) is 0 Å². The van der Waals surface area contributed by atoms with Crippen molar-refractivity contribution in [3.8, 4) is 0 Å². The van der Waals surface area contributed by atoms with E-state index in [0.717, 1.165) is 35.2 Å². The van der Waals surface area contributed by atoms with Gasteiger partial charge in [-0.25, -0.2) is 9.97 Å². The van der Waals surface area contributed by atoms with E-state index in [1.54, 1.807) is 12.3 Å². The molecule has 0 aliphatic carbocycles. The summed E-state index contributed by atoms with van der Waals surface area (Å²) in [5.41, 5.74) is 4.87. The Morgan fingerprint density at radius 3 is 2.83 bits per heavy atom. The maximum Gasteiger partial charge on any atom is 0.274 e. The summed E-state index contributed by atoms with van der Waals surface area (Å²) >= 11 is 0. The second-order valence-corrected chi connectivity index (χ2v) is 7.06. The zero-order valence-corrected chi connectivity index (χ0v) is 16.0. The molecule has 1 aliphatic heterocycles. The van der Waals surface area contributed by atoms with Gasteiger partial charge in [0.15, 0.2) is 0 Å². The van der Waals surface area contributed by atoms with Crippen LogP contribution in [0.15, 0.2) is 66.9 Å². The zero-order chi connectivity index (χ0) is 19.8. The van der Waals surface area contributed by atoms with E-state index in [9.17, 15) is 4.79 Å². The number of aryl methyl sites for hydroxylation is 1. The highest BCUT2D eigenvalue weighted by molar-refractivity contribution is 6.07. The van der Waals surface area contributed by atoms with Gasteiger partial charge < -0.3 is 10.2 Å². The minimum Gasteiger partial charge on any atom is -0.319 e. The molecule has 6 heteroatoms. The van der Waals surface area contributed by atoms with Gasteiger partial charge in [-0.05, 0) is 43.2 Å². The van der Waals surface area contributed by atoms with E-state index < -0.39 is 0 Å². The first-order chi connectivity index (χ1) is 14.2. The van der Waals surface area contributed by atoms with Gasteiger partial charge in [0.2, 0.25) is 5.95 Å². The third-order valence-electron chi connectivity index (χ3n) is 5.08. The monoisotopic (exact) mass is 381 g/mol. The van der Waals surface area contributed by atoms with Crippen LogP contribution in [0, 0.1) is 6.92 Å². The summed E-state index contributed by atoms with van der Waals surface area (Å²) in [6.07, 6.45) is 2.66. The number of amides is 1. The number of nitrogens with zero attached hydrogens (tertiary/aromatic N) is 4. The van der Waals surface area contributed by atoms with Crippen LogP contribution in [0.5, 0.6) is 0 Å². The maximum atomic E-state index is 13.0. The SMILES string of the molecule is Cc1cc(C(=O)Nc2cccc3cccnc23)nc(N2CCc3ccccc32)n1. The lowest BCUT2D eigenvalue weighted by atomic mass is 10.2. The standard InChI is InChI=1S/C23H19N5O/c1-15-14-19(22(29)26-18-9-4-7-17-8-5-12-24-21(17)18)27-23(25-15)28-13-11-16-6-2-3-10-20(16)28/h2-10,12,14H,11,13H2,1H3,(H,26,29). The maximum absolute atomic E-state index is 13.0. The minimum atomic E-state index is -0.276. The zero-order valence-electron chi connectivity index (χ0n) is 16.0. The first-order valence-electron chi connectivity index (χ1n) is 9.55. The highest BCUT2D eigenvalue weighted by Gasteiger charge is 2.23. The van der Waals surface area contributed by atoms with Gasteiger partial charge in [-0.2, -0.15) is 0 Å². The molecule has 0 atom stereocenters. The van der Waals surface area contributed by atoms with E-state index in [-0.39, 0.29) is 5.91 Å². The lowest BCUT2D eigenvalue weighted by Crippen LogP contribution is -2.21. The Kier molecular flexibility index (Phi) is 4.17. The van der Waals surface area contributed by atoms with Gasteiger partial charge in [0.05, 0.1) is 11.2 Å². The van der Waals surface area contributed by atoms with Crippen LogP contribution in [0.3, 0.4) is 0 Å². The first kappa shape index (κ1) is 17.3. The Balaban J connectivity index is 1.48. The van der Waals surface area contributed by atoms with Crippen molar-refractivity contribution >= 4 is 34.1 Å². The number of rotatable bonds is 3. The van der Waals surface area contributed by atoms with Gasteiger partial charge in [0.25, 0.3) is 5.91 Å². The molecule has 1 N–H and O–H groups in total. The second kappa shape index (κ2) is 6.98. The number of carbonyl (C=O) groups is 1. The highest BCUT2D eigenvalue weighted by atomic mass is 16.1. The molecule has 0 unspecified atom stereocenters. The fourth-order valence-corrected chi connectivity index (χ4v) is 3.73. The Morgan fingerprint density at radius 2 is 1.90 bits per heavy atom. The number of hydrogen-bond donors (Lipinski definition) is 1. The number of carbonyl (C=O) groups excluding carboxylic acids is 1. The second-order valence-electron chi connectivity index (χ2n) is 7.06. The molecule has 0 radical (unpaired) electrons. The molecule has 2 aromatic carbocycles. The molecule has 0 saturated carbocycles. The highest BCUT2D eigenvalue weighted by Crippen LogP contribution is 2.32. The van der Waals surface area contributed by atoms with Gasteiger partial charge in [-0.3, -0.25) is 9.78 Å². The van der Waals surface area contributed by atoms with Crippen molar-refractivity contribution in [2.24, 2.45) is 0 Å². The smallest absolute Gasteiger partial charge is 0.274 e. The molecule has 0 saturated heterocycles. The van der Waals surface area contributed by atoms with Crippen molar-refractivity contribution in [3.05, 3.63) is 83.8 Å². The number of benzene rings is 2. The lowest BCUT2D eigenvalue weighted by molar-refractivity contribution is 0.102. The van der Waals surface area contributed by atoms with Gasteiger partial charge in [0, 0.05) is 29.5 Å². The summed E-state index contributed by atoms with van der Waals surface area (Å²) in [5.74, 6) is 0.276. The first-order valence-corrected chi connectivity index (χ1v) is 9.55. The predicted octanol–water partition coefficient (Wildman–Crippen LogP) is 4.28. The van der Waals surface area contributed by atoms with E-state index in [2.05, 4.69) is 37.3 Å². The topological polar surface area (TPSA) is 71.0 Å². The largest absolute Gasteiger partial charge is 0.319 e. The van der Waals surface area contributed by atoms with E-state index >= 15 is 0 Å². The molecule has 2 aromatic heterocycles. The quantitative estimate of drug-likeness (QED) is 0.574. The number of pyridine rings is 1. The van der Waals surface area contributed by atoms with Gasteiger partial charge >= 0.3 is 0 Å². The van der Waals surface area contributed by atoms with Crippen LogP contribution in [-0.4, -0.2) is 27.4 Å². The van der Waals surface area contributed by atoms with Crippen molar-refractivity contribution in [3.63, 3.8) is 0 Å². The van der Waals surface area contributed by atoms with Crippen LogP contribution in [0.25, 0.3) is 10.9 Å². The summed E-state index contributed by atoms with van der Waals surface area (Å²) in [6.45, 7) is 2.68. The number of nitrogens with one attached hydrogen (secondary N) is 1. The van der Waals surface area contributed by atoms with Crippen LogP contribution in [0.1, 0.15) is 21.7 Å². The Labute approximate surface area is 168 Å². The Morgan fingerprint density at radius 1 is 1.03 bits per heavy atom. The van der Waals surface area contributed by atoms with E-state index in [1.165, 1.54) is 5.56 Å². The summed E-state index contributed by atoms with van der Waals surface area (Å²) in [7, 11) is 0. The van der Waals surface area contributed by atoms with Crippen LogP contribution >= 0.6 is 0 Å². The minimum absolute atomic E-state index is 0.276. The van der Waals surface area contributed by atoms with Crippen molar-refractivity contribution in [1.29, 1.82) is 0 Å². The van der Waals surface area contributed by atoms with Crippen LogP contribution in [0.2, 0.25) is 0 Å². The van der Waals surface area contributed by atoms with E-state index in [0.29, 0.717) is 17.3 Å². The van der Waals surface area contributed by atoms with Crippen LogP contribution in [-0.2, 0) is 6.42 Å². The van der Waals surface area contributed by atoms with Gasteiger partial charge in [-0.15, -0.1) is 0 Å². The average molecular weight is 381 g/mol. The number of aromatic nitrogens is 3. The molecule has 0 fully saturated rings. The number of anilines is 3. The summed E-state index contributed by atoms with van der Waals surface area (Å²) < 4.78 is 0. The molecule has 29 heavy (non-hydrogen) atoms. The Bertz CT molecular complexity index is 1230. The number of fused-ring (bicyclic) bond motifs is 2. The molecule has 5 rings (SSSR count). The lowest BCUT2D eigenvalue weighted by Gasteiger charge is -2.18. The summed E-state index contributed by atoms with van der Waals surface area (Å²) in [4.78, 5) is 28.6. The molecule has 142 valence electrons. The fourth-order valence-electron chi connectivity index (χ4n) is 3.73. The van der Waals surface area contributed by atoms with Crippen molar-refractivity contribution in [2.75, 3.05) is 16.8 Å². The predicted molar refractivity (Wildman–Crippen MR) is 114 cm³/mol. The molecule has 4 aromatic rings. The molecular weight excluding hydrogens is 362 g/mol. The van der Waals surface area contributed by atoms with Crippen molar-refractivity contribution < 1.29 is 4.79 Å². The fraction of sp³-hybridized carbons (Fsp3) is 0.130. The van der Waals surface area contributed by atoms with Gasteiger partial charge in [-0.1, -0.05) is 36.4 Å². The van der Waals surface area contributed by atoms with E-state index in [1.807, 2.05) is 49.4 Å². The number of para-hydroxylation sites is 2. The molecule has 0 bridgehead atoms.